The summed E-state index contributed by atoms with van der Waals surface area (Å²) in [6.45, 7) is 5.03. The van der Waals surface area contributed by atoms with Crippen LogP contribution in [0.2, 0.25) is 0 Å². The van der Waals surface area contributed by atoms with Crippen LogP contribution in [0.3, 0.4) is 0 Å². The number of carbonyl (C=O) groups is 2. The highest BCUT2D eigenvalue weighted by molar-refractivity contribution is 5.91. The van der Waals surface area contributed by atoms with Crippen molar-refractivity contribution in [1.82, 2.24) is 10.2 Å². The third-order valence-electron chi connectivity index (χ3n) is 3.73. The second kappa shape index (κ2) is 10.1. The molecule has 0 saturated carbocycles. The molecule has 6 heteroatoms. The lowest BCUT2D eigenvalue weighted by atomic mass is 10.2. The lowest BCUT2D eigenvalue weighted by molar-refractivity contribution is -0.130. The summed E-state index contributed by atoms with van der Waals surface area (Å²) in [5.74, 6) is 0.808. The van der Waals surface area contributed by atoms with Crippen LogP contribution in [-0.2, 0) is 11.3 Å². The minimum Gasteiger partial charge on any atom is -0.490 e. The normalized spacial score (nSPS) is 10.2. The van der Waals surface area contributed by atoms with Crippen molar-refractivity contribution in [2.24, 2.45) is 0 Å². The largest absolute Gasteiger partial charge is 0.490 e. The van der Waals surface area contributed by atoms with E-state index in [1.54, 1.807) is 30.2 Å². The zero-order chi connectivity index (χ0) is 18.8. The first-order valence-electron chi connectivity index (χ1n) is 8.48. The Morgan fingerprint density at radius 2 is 2.04 bits per heavy atom. The fourth-order valence-electron chi connectivity index (χ4n) is 2.34. The van der Waals surface area contributed by atoms with Gasteiger partial charge in [0, 0.05) is 26.6 Å². The average Bonchev–Trinajstić information content (AvgIpc) is 3.19. The number of amides is 2. The summed E-state index contributed by atoms with van der Waals surface area (Å²) in [5.41, 5.74) is 1.03. The maximum atomic E-state index is 12.2. The standard InChI is InChI=1S/C20H24N2O4/c1-3-13-25-17-10-8-16(9-11-17)15-22(2)19(23)7-4-12-21-20(24)18-6-5-14-26-18/h3,5-6,8-11,14H,1,4,7,12-13,15H2,2H3,(H,21,24). The zero-order valence-corrected chi connectivity index (χ0v) is 14.9. The monoisotopic (exact) mass is 356 g/mol. The molecule has 138 valence electrons. The number of rotatable bonds is 10. The lowest BCUT2D eigenvalue weighted by Crippen LogP contribution is -2.28. The molecule has 0 atom stereocenters. The maximum Gasteiger partial charge on any atom is 0.286 e. The van der Waals surface area contributed by atoms with Crippen LogP contribution in [0, 0.1) is 0 Å². The van der Waals surface area contributed by atoms with Gasteiger partial charge in [0.25, 0.3) is 5.91 Å². The van der Waals surface area contributed by atoms with E-state index in [0.29, 0.717) is 32.5 Å². The summed E-state index contributed by atoms with van der Waals surface area (Å²) in [6.07, 6.45) is 4.09. The Kier molecular flexibility index (Phi) is 7.49. The quantitative estimate of drug-likeness (QED) is 0.525. The van der Waals surface area contributed by atoms with E-state index in [0.717, 1.165) is 11.3 Å². The molecule has 6 nitrogen and oxygen atoms in total. The molecule has 0 radical (unpaired) electrons. The van der Waals surface area contributed by atoms with Gasteiger partial charge in [-0.25, -0.2) is 0 Å². The van der Waals surface area contributed by atoms with Crippen LogP contribution in [0.15, 0.2) is 59.7 Å². The molecule has 1 heterocycles. The average molecular weight is 356 g/mol. The van der Waals surface area contributed by atoms with Gasteiger partial charge >= 0.3 is 0 Å². The predicted molar refractivity (Wildman–Crippen MR) is 98.9 cm³/mol. The number of nitrogens with one attached hydrogen (secondary N) is 1. The van der Waals surface area contributed by atoms with Crippen LogP contribution >= 0.6 is 0 Å². The van der Waals surface area contributed by atoms with Crippen LogP contribution in [-0.4, -0.2) is 36.9 Å². The van der Waals surface area contributed by atoms with Crippen LogP contribution < -0.4 is 10.1 Å². The first-order valence-corrected chi connectivity index (χ1v) is 8.48. The number of hydrogen-bond acceptors (Lipinski definition) is 4. The molecule has 0 unspecified atom stereocenters. The topological polar surface area (TPSA) is 71.8 Å². The number of benzene rings is 1. The van der Waals surface area contributed by atoms with E-state index in [4.69, 9.17) is 9.15 Å². The SMILES string of the molecule is C=CCOc1ccc(CN(C)C(=O)CCCNC(=O)c2ccco2)cc1. The van der Waals surface area contributed by atoms with Crippen LogP contribution in [0.5, 0.6) is 5.75 Å². The Bertz CT molecular complexity index is 708. The molecule has 0 spiro atoms. The van der Waals surface area contributed by atoms with Gasteiger partial charge < -0.3 is 19.4 Å². The molecule has 0 fully saturated rings. The van der Waals surface area contributed by atoms with Gasteiger partial charge in [0.1, 0.15) is 12.4 Å². The van der Waals surface area contributed by atoms with Gasteiger partial charge in [-0.05, 0) is 36.2 Å². The second-order valence-corrected chi connectivity index (χ2v) is 5.83. The Morgan fingerprint density at radius 1 is 1.27 bits per heavy atom. The Balaban J connectivity index is 1.68. The molecule has 2 aromatic rings. The van der Waals surface area contributed by atoms with E-state index in [1.165, 1.54) is 6.26 Å². The van der Waals surface area contributed by atoms with Crippen LogP contribution in [0.1, 0.15) is 29.0 Å². The van der Waals surface area contributed by atoms with E-state index >= 15 is 0 Å². The van der Waals surface area contributed by atoms with Gasteiger partial charge in [-0.2, -0.15) is 0 Å². The lowest BCUT2D eigenvalue weighted by Gasteiger charge is -2.17. The second-order valence-electron chi connectivity index (χ2n) is 5.83. The minimum atomic E-state index is -0.269. The number of carbonyl (C=O) groups excluding carboxylic acids is 2. The number of hydrogen-bond donors (Lipinski definition) is 1. The van der Waals surface area contributed by atoms with E-state index in [-0.39, 0.29) is 17.6 Å². The van der Waals surface area contributed by atoms with E-state index in [2.05, 4.69) is 11.9 Å². The van der Waals surface area contributed by atoms with Gasteiger partial charge in [0.15, 0.2) is 5.76 Å². The third kappa shape index (κ3) is 6.12. The summed E-state index contributed by atoms with van der Waals surface area (Å²) < 4.78 is 10.4. The molecule has 26 heavy (non-hydrogen) atoms. The van der Waals surface area contributed by atoms with E-state index < -0.39 is 0 Å². The van der Waals surface area contributed by atoms with E-state index in [9.17, 15) is 9.59 Å². The van der Waals surface area contributed by atoms with Crippen molar-refractivity contribution in [2.75, 3.05) is 20.2 Å². The highest BCUT2D eigenvalue weighted by Gasteiger charge is 2.11. The number of nitrogens with zero attached hydrogens (tertiary/aromatic N) is 1. The first-order chi connectivity index (χ1) is 12.6. The Morgan fingerprint density at radius 3 is 2.69 bits per heavy atom. The summed E-state index contributed by atoms with van der Waals surface area (Å²) in [5, 5.41) is 2.73. The Hall–Kier alpha value is -3.02. The van der Waals surface area contributed by atoms with Crippen LogP contribution in [0.4, 0.5) is 0 Å². The fraction of sp³-hybridized carbons (Fsp3) is 0.300. The number of ether oxygens (including phenoxy) is 1. The molecule has 0 aliphatic heterocycles. The van der Waals surface area contributed by atoms with Crippen molar-refractivity contribution in [3.8, 4) is 5.75 Å². The summed E-state index contributed by atoms with van der Waals surface area (Å²) in [6, 6.07) is 10.9. The van der Waals surface area contributed by atoms with Gasteiger partial charge in [-0.3, -0.25) is 9.59 Å². The number of furan rings is 1. The van der Waals surface area contributed by atoms with Crippen molar-refractivity contribution in [3.63, 3.8) is 0 Å². The predicted octanol–water partition coefficient (Wildman–Crippen LogP) is 3.01. The third-order valence-corrected chi connectivity index (χ3v) is 3.73. The molecular weight excluding hydrogens is 332 g/mol. The maximum absolute atomic E-state index is 12.2. The molecular formula is C20H24N2O4. The first kappa shape index (κ1) is 19.3. The zero-order valence-electron chi connectivity index (χ0n) is 14.9. The van der Waals surface area contributed by atoms with Crippen molar-refractivity contribution in [3.05, 3.63) is 66.6 Å². The smallest absolute Gasteiger partial charge is 0.286 e. The fourth-order valence-corrected chi connectivity index (χ4v) is 2.34. The molecule has 1 aromatic heterocycles. The Labute approximate surface area is 153 Å². The minimum absolute atomic E-state index is 0.0317. The summed E-state index contributed by atoms with van der Waals surface area (Å²) in [4.78, 5) is 25.6. The van der Waals surface area contributed by atoms with Crippen molar-refractivity contribution < 1.29 is 18.7 Å². The van der Waals surface area contributed by atoms with Crippen molar-refractivity contribution >= 4 is 11.8 Å². The summed E-state index contributed by atoms with van der Waals surface area (Å²) in [7, 11) is 1.77. The highest BCUT2D eigenvalue weighted by atomic mass is 16.5. The van der Waals surface area contributed by atoms with Gasteiger partial charge in [0.05, 0.1) is 6.26 Å². The molecule has 1 N–H and O–H groups in total. The summed E-state index contributed by atoms with van der Waals surface area (Å²) >= 11 is 0. The van der Waals surface area contributed by atoms with Gasteiger partial charge in [-0.1, -0.05) is 24.8 Å². The molecule has 0 bridgehead atoms. The molecule has 0 saturated heterocycles. The van der Waals surface area contributed by atoms with Crippen LogP contribution in [0.25, 0.3) is 0 Å². The van der Waals surface area contributed by atoms with E-state index in [1.807, 2.05) is 24.3 Å². The molecule has 0 aliphatic rings. The molecule has 1 aromatic carbocycles. The van der Waals surface area contributed by atoms with Crippen molar-refractivity contribution in [2.45, 2.75) is 19.4 Å². The molecule has 2 rings (SSSR count). The van der Waals surface area contributed by atoms with Gasteiger partial charge in [0.2, 0.25) is 5.91 Å². The highest BCUT2D eigenvalue weighted by Crippen LogP contribution is 2.14. The molecule has 2 amide bonds. The molecule has 0 aliphatic carbocycles. The van der Waals surface area contributed by atoms with Gasteiger partial charge in [-0.15, -0.1) is 0 Å². The van der Waals surface area contributed by atoms with Crippen molar-refractivity contribution in [1.29, 1.82) is 0 Å².